The Morgan fingerprint density at radius 3 is 2.65 bits per heavy atom. The second kappa shape index (κ2) is 6.28. The average Bonchev–Trinajstić information content (AvgIpc) is 3.17. The van der Waals surface area contributed by atoms with Crippen LogP contribution < -0.4 is 5.73 Å². The normalized spacial score (nSPS) is 16.0. The molecule has 0 unspecified atom stereocenters. The van der Waals surface area contributed by atoms with Crippen molar-refractivity contribution in [2.45, 2.75) is 56.5 Å². The average molecular weight is 299 g/mol. The summed E-state index contributed by atoms with van der Waals surface area (Å²) in [4.78, 5) is 0.379. The van der Waals surface area contributed by atoms with E-state index in [1.165, 1.54) is 4.31 Å². The van der Waals surface area contributed by atoms with Gasteiger partial charge in [-0.1, -0.05) is 19.8 Å². The number of nitrogens with two attached hydrogens (primary N) is 1. The van der Waals surface area contributed by atoms with Gasteiger partial charge in [0.15, 0.2) is 0 Å². The Labute approximate surface area is 121 Å². The van der Waals surface area contributed by atoms with Crippen LogP contribution in [0.1, 0.15) is 50.8 Å². The first-order chi connectivity index (χ1) is 9.50. The summed E-state index contributed by atoms with van der Waals surface area (Å²) in [7, 11) is -1.73. The fourth-order valence-corrected chi connectivity index (χ4v) is 3.64. The van der Waals surface area contributed by atoms with E-state index in [9.17, 15) is 8.42 Å². The molecule has 6 heteroatoms. The second-order valence-electron chi connectivity index (χ2n) is 5.54. The van der Waals surface area contributed by atoms with Crippen LogP contribution in [0.2, 0.25) is 0 Å². The zero-order chi connectivity index (χ0) is 14.8. The molecule has 1 aromatic rings. The first-order valence-electron chi connectivity index (χ1n) is 7.37. The molecule has 1 fully saturated rings. The van der Waals surface area contributed by atoms with E-state index in [0.29, 0.717) is 24.0 Å². The smallest absolute Gasteiger partial charge is 0.244 e. The van der Waals surface area contributed by atoms with Gasteiger partial charge in [-0.05, 0) is 25.3 Å². The first-order valence-corrected chi connectivity index (χ1v) is 8.81. The lowest BCUT2D eigenvalue weighted by molar-refractivity contribution is 0.454. The summed E-state index contributed by atoms with van der Waals surface area (Å²) in [6, 6.07) is 2.17. The lowest BCUT2D eigenvalue weighted by Crippen LogP contribution is -2.27. The van der Waals surface area contributed by atoms with E-state index < -0.39 is 10.0 Å². The molecule has 1 saturated carbocycles. The lowest BCUT2D eigenvalue weighted by Gasteiger charge is -2.15. The van der Waals surface area contributed by atoms with E-state index in [2.05, 4.69) is 6.92 Å². The molecule has 5 nitrogen and oxygen atoms in total. The summed E-state index contributed by atoms with van der Waals surface area (Å²) in [6.07, 6.45) is 7.03. The van der Waals surface area contributed by atoms with Crippen molar-refractivity contribution in [2.24, 2.45) is 5.73 Å². The van der Waals surface area contributed by atoms with Gasteiger partial charge in [-0.25, -0.2) is 12.7 Å². The van der Waals surface area contributed by atoms with Gasteiger partial charge < -0.3 is 10.3 Å². The third kappa shape index (κ3) is 3.24. The highest BCUT2D eigenvalue weighted by Crippen LogP contribution is 2.37. The topological polar surface area (TPSA) is 68.3 Å². The molecule has 0 radical (unpaired) electrons. The van der Waals surface area contributed by atoms with E-state index in [-0.39, 0.29) is 0 Å². The molecule has 114 valence electrons. The molecule has 0 amide bonds. The minimum absolute atomic E-state index is 0.379. The minimum atomic E-state index is -3.38. The van der Waals surface area contributed by atoms with Crippen LogP contribution in [0.4, 0.5) is 0 Å². The largest absolute Gasteiger partial charge is 0.346 e. The molecule has 0 spiro atoms. The first kappa shape index (κ1) is 15.5. The van der Waals surface area contributed by atoms with Gasteiger partial charge in [-0.2, -0.15) is 0 Å². The van der Waals surface area contributed by atoms with Crippen LogP contribution in [-0.4, -0.2) is 30.9 Å². The Bertz CT molecular complexity index is 547. The summed E-state index contributed by atoms with van der Waals surface area (Å²) >= 11 is 0. The Balaban J connectivity index is 2.16. The molecule has 20 heavy (non-hydrogen) atoms. The van der Waals surface area contributed by atoms with Crippen molar-refractivity contribution in [1.82, 2.24) is 8.87 Å². The van der Waals surface area contributed by atoms with Crippen molar-refractivity contribution in [3.05, 3.63) is 18.0 Å². The number of nitrogens with zero attached hydrogens (tertiary/aromatic N) is 2. The summed E-state index contributed by atoms with van der Waals surface area (Å²) in [5.41, 5.74) is 6.63. The second-order valence-corrected chi connectivity index (χ2v) is 7.59. The Morgan fingerprint density at radius 1 is 1.40 bits per heavy atom. The monoisotopic (exact) mass is 299 g/mol. The summed E-state index contributed by atoms with van der Waals surface area (Å²) in [6.45, 7) is 3.06. The molecule has 1 aromatic heterocycles. The van der Waals surface area contributed by atoms with Gasteiger partial charge in [0.1, 0.15) is 4.90 Å². The highest BCUT2D eigenvalue weighted by atomic mass is 32.2. The number of hydrogen-bond acceptors (Lipinski definition) is 3. The zero-order valence-electron chi connectivity index (χ0n) is 12.4. The van der Waals surface area contributed by atoms with Crippen LogP contribution in [0.15, 0.2) is 17.2 Å². The van der Waals surface area contributed by atoms with Gasteiger partial charge in [0.25, 0.3) is 0 Å². The quantitative estimate of drug-likeness (QED) is 0.747. The van der Waals surface area contributed by atoms with E-state index in [1.54, 1.807) is 19.3 Å². The number of hydrogen-bond donors (Lipinski definition) is 1. The SMILES string of the molecule is CCCCCN(C)S(=O)(=O)c1cc(CN)n(C2CC2)c1. The van der Waals surface area contributed by atoms with Crippen LogP contribution in [0.25, 0.3) is 0 Å². The van der Waals surface area contributed by atoms with Crippen molar-refractivity contribution in [1.29, 1.82) is 0 Å². The van der Waals surface area contributed by atoms with Crippen molar-refractivity contribution in [3.8, 4) is 0 Å². The third-order valence-electron chi connectivity index (χ3n) is 3.84. The number of rotatable bonds is 8. The summed E-state index contributed by atoms with van der Waals surface area (Å²) in [5, 5.41) is 0. The standard InChI is InChI=1S/C14H25N3O2S/c1-3-4-5-8-16(2)20(18,19)14-9-13(10-15)17(11-14)12-6-7-12/h9,11-12H,3-8,10,15H2,1-2H3. The molecular formula is C14H25N3O2S. The molecule has 0 aromatic carbocycles. The molecule has 0 bridgehead atoms. The molecule has 0 atom stereocenters. The molecule has 0 aliphatic heterocycles. The van der Waals surface area contributed by atoms with Crippen LogP contribution in [0, 0.1) is 0 Å². The van der Waals surface area contributed by atoms with Gasteiger partial charge >= 0.3 is 0 Å². The van der Waals surface area contributed by atoms with Crippen LogP contribution >= 0.6 is 0 Å². The fraction of sp³-hybridized carbons (Fsp3) is 0.714. The lowest BCUT2D eigenvalue weighted by atomic mass is 10.2. The predicted molar refractivity (Wildman–Crippen MR) is 79.9 cm³/mol. The summed E-state index contributed by atoms with van der Waals surface area (Å²) < 4.78 is 28.5. The molecule has 1 aliphatic carbocycles. The molecule has 1 heterocycles. The van der Waals surface area contributed by atoms with Crippen LogP contribution in [-0.2, 0) is 16.6 Å². The van der Waals surface area contributed by atoms with Gasteiger partial charge in [0, 0.05) is 38.1 Å². The Kier molecular flexibility index (Phi) is 4.88. The van der Waals surface area contributed by atoms with Crippen molar-refractivity contribution < 1.29 is 8.42 Å². The van der Waals surface area contributed by atoms with Crippen LogP contribution in [0.3, 0.4) is 0 Å². The van der Waals surface area contributed by atoms with E-state index >= 15 is 0 Å². The third-order valence-corrected chi connectivity index (χ3v) is 5.66. The Hall–Kier alpha value is -0.850. The summed E-state index contributed by atoms with van der Waals surface area (Å²) in [5.74, 6) is 0. The van der Waals surface area contributed by atoms with Gasteiger partial charge in [0.05, 0.1) is 0 Å². The zero-order valence-corrected chi connectivity index (χ0v) is 13.2. The molecule has 1 aliphatic rings. The van der Waals surface area contributed by atoms with Gasteiger partial charge in [-0.3, -0.25) is 0 Å². The number of unbranched alkanes of at least 4 members (excludes halogenated alkanes) is 2. The van der Waals surface area contributed by atoms with Crippen LogP contribution in [0.5, 0.6) is 0 Å². The minimum Gasteiger partial charge on any atom is -0.346 e. The molecule has 2 N–H and O–H groups in total. The maximum absolute atomic E-state index is 12.5. The maximum Gasteiger partial charge on any atom is 0.244 e. The molecule has 2 rings (SSSR count). The van der Waals surface area contributed by atoms with E-state index in [1.807, 2.05) is 4.57 Å². The highest BCUT2D eigenvalue weighted by molar-refractivity contribution is 7.89. The number of sulfonamides is 1. The van der Waals surface area contributed by atoms with Crippen molar-refractivity contribution >= 4 is 10.0 Å². The van der Waals surface area contributed by atoms with E-state index in [4.69, 9.17) is 5.73 Å². The Morgan fingerprint density at radius 2 is 2.10 bits per heavy atom. The highest BCUT2D eigenvalue weighted by Gasteiger charge is 2.29. The van der Waals surface area contributed by atoms with E-state index in [0.717, 1.165) is 37.8 Å². The number of aromatic nitrogens is 1. The maximum atomic E-state index is 12.5. The van der Waals surface area contributed by atoms with Gasteiger partial charge in [-0.15, -0.1) is 0 Å². The van der Waals surface area contributed by atoms with Gasteiger partial charge in [0.2, 0.25) is 10.0 Å². The van der Waals surface area contributed by atoms with Crippen molar-refractivity contribution in [3.63, 3.8) is 0 Å². The molecular weight excluding hydrogens is 274 g/mol. The molecule has 0 saturated heterocycles. The van der Waals surface area contributed by atoms with Crippen molar-refractivity contribution in [2.75, 3.05) is 13.6 Å². The fourth-order valence-electron chi connectivity index (χ4n) is 2.38. The predicted octanol–water partition coefficient (Wildman–Crippen LogP) is 2.09.